The van der Waals surface area contributed by atoms with Gasteiger partial charge in [-0.2, -0.15) is 0 Å². The molecule has 0 bridgehead atoms. The molecule has 0 amide bonds. The first-order valence-corrected chi connectivity index (χ1v) is 8.80. The summed E-state index contributed by atoms with van der Waals surface area (Å²) in [6.45, 7) is 2.92. The number of rotatable bonds is 9. The molecule has 1 heterocycles. The minimum atomic E-state index is -0.913. The second-order valence-electron chi connectivity index (χ2n) is 5.32. The van der Waals surface area contributed by atoms with E-state index in [-0.39, 0.29) is 0 Å². The number of carboxylic acids is 1. The second-order valence-corrected chi connectivity index (χ2v) is 6.27. The highest BCUT2D eigenvalue weighted by molar-refractivity contribution is 7.11. The van der Waals surface area contributed by atoms with Crippen molar-refractivity contribution in [1.82, 2.24) is 0 Å². The van der Waals surface area contributed by atoms with Gasteiger partial charge in [0.25, 0.3) is 0 Å². The van der Waals surface area contributed by atoms with Gasteiger partial charge in [0.15, 0.2) is 0 Å². The second kappa shape index (κ2) is 9.16. The minimum absolute atomic E-state index is 0.313. The van der Waals surface area contributed by atoms with Gasteiger partial charge in [-0.1, -0.05) is 44.4 Å². The summed E-state index contributed by atoms with van der Waals surface area (Å²) in [5, 5.41) is 11.2. The molecule has 0 fully saturated rings. The normalized spacial score (nSPS) is 11.4. The molecule has 1 aromatic carbocycles. The highest BCUT2D eigenvalue weighted by Crippen LogP contribution is 2.24. The molecule has 23 heavy (non-hydrogen) atoms. The standard InChI is InChI=1S/C19H22O3S/c1-2-3-4-5-12-22-16-10-8-15(9-11-16)14-17(19(20)21)18-7-6-13-23-18/h6-11,13-14H,2-5,12H2,1H3,(H,20,21)/b17-14+. The van der Waals surface area contributed by atoms with Gasteiger partial charge < -0.3 is 9.84 Å². The first-order valence-electron chi connectivity index (χ1n) is 7.92. The van der Waals surface area contributed by atoms with Crippen LogP contribution < -0.4 is 4.74 Å². The minimum Gasteiger partial charge on any atom is -0.494 e. The summed E-state index contributed by atoms with van der Waals surface area (Å²) in [5.74, 6) is -0.0876. The molecule has 1 N–H and O–H groups in total. The largest absolute Gasteiger partial charge is 0.494 e. The first kappa shape index (κ1) is 17.3. The molecule has 0 radical (unpaired) electrons. The summed E-state index contributed by atoms with van der Waals surface area (Å²) in [5.41, 5.74) is 1.17. The molecule has 4 heteroatoms. The number of thiophene rings is 1. The SMILES string of the molecule is CCCCCCOc1ccc(/C=C(/C(=O)O)c2cccs2)cc1. The Morgan fingerprint density at radius 1 is 1.17 bits per heavy atom. The summed E-state index contributed by atoms with van der Waals surface area (Å²) in [6.07, 6.45) is 6.42. The van der Waals surface area contributed by atoms with Gasteiger partial charge in [-0.25, -0.2) is 4.79 Å². The van der Waals surface area contributed by atoms with E-state index in [1.54, 1.807) is 6.08 Å². The molecule has 0 saturated heterocycles. The molecule has 1 aromatic heterocycles. The molecular weight excluding hydrogens is 308 g/mol. The van der Waals surface area contributed by atoms with Gasteiger partial charge in [-0.15, -0.1) is 11.3 Å². The van der Waals surface area contributed by atoms with Crippen LogP contribution in [-0.2, 0) is 4.79 Å². The van der Waals surface area contributed by atoms with Gasteiger partial charge in [-0.05, 0) is 41.6 Å². The number of hydrogen-bond acceptors (Lipinski definition) is 3. The number of aliphatic carboxylic acids is 1. The van der Waals surface area contributed by atoms with Gasteiger partial charge in [0.2, 0.25) is 0 Å². The number of unbranched alkanes of at least 4 members (excludes halogenated alkanes) is 3. The molecule has 122 valence electrons. The summed E-state index contributed by atoms with van der Waals surface area (Å²) >= 11 is 1.43. The van der Waals surface area contributed by atoms with Gasteiger partial charge in [0.05, 0.1) is 12.2 Å². The van der Waals surface area contributed by atoms with Crippen molar-refractivity contribution in [2.75, 3.05) is 6.61 Å². The average molecular weight is 330 g/mol. The smallest absolute Gasteiger partial charge is 0.337 e. The Bertz CT molecular complexity index is 627. The number of ether oxygens (including phenoxy) is 1. The van der Waals surface area contributed by atoms with Gasteiger partial charge in [0, 0.05) is 4.88 Å². The van der Waals surface area contributed by atoms with Crippen LogP contribution in [0, 0.1) is 0 Å². The van der Waals surface area contributed by atoms with Gasteiger partial charge in [-0.3, -0.25) is 0 Å². The van der Waals surface area contributed by atoms with Crippen LogP contribution in [0.1, 0.15) is 43.0 Å². The van der Waals surface area contributed by atoms with Crippen LogP contribution in [0.15, 0.2) is 41.8 Å². The van der Waals surface area contributed by atoms with Crippen LogP contribution in [0.3, 0.4) is 0 Å². The van der Waals surface area contributed by atoms with E-state index in [2.05, 4.69) is 6.92 Å². The van der Waals surface area contributed by atoms with E-state index in [9.17, 15) is 9.90 Å². The zero-order chi connectivity index (χ0) is 16.5. The molecule has 2 aromatic rings. The van der Waals surface area contributed by atoms with Crippen molar-refractivity contribution in [2.24, 2.45) is 0 Å². The first-order chi connectivity index (χ1) is 11.2. The van der Waals surface area contributed by atoms with E-state index in [0.29, 0.717) is 5.57 Å². The van der Waals surface area contributed by atoms with E-state index >= 15 is 0 Å². The monoisotopic (exact) mass is 330 g/mol. The molecule has 3 nitrogen and oxygen atoms in total. The van der Waals surface area contributed by atoms with Crippen LogP contribution in [0.2, 0.25) is 0 Å². The lowest BCUT2D eigenvalue weighted by molar-refractivity contribution is -0.130. The summed E-state index contributed by atoms with van der Waals surface area (Å²) < 4.78 is 5.70. The maximum absolute atomic E-state index is 11.4. The summed E-state index contributed by atoms with van der Waals surface area (Å²) in [6, 6.07) is 11.2. The van der Waals surface area contributed by atoms with Crippen molar-refractivity contribution < 1.29 is 14.6 Å². The molecule has 0 spiro atoms. The zero-order valence-electron chi connectivity index (χ0n) is 13.3. The van der Waals surface area contributed by atoms with Crippen LogP contribution in [0.25, 0.3) is 11.6 Å². The highest BCUT2D eigenvalue weighted by atomic mass is 32.1. The Morgan fingerprint density at radius 2 is 1.96 bits per heavy atom. The molecule has 0 aliphatic rings. The van der Waals surface area contributed by atoms with Crippen molar-refractivity contribution in [3.63, 3.8) is 0 Å². The molecule has 0 atom stereocenters. The lowest BCUT2D eigenvalue weighted by Crippen LogP contribution is -1.98. The fourth-order valence-corrected chi connectivity index (χ4v) is 2.95. The number of carboxylic acid groups (broad SMARTS) is 1. The van der Waals surface area contributed by atoms with Crippen LogP contribution in [-0.4, -0.2) is 17.7 Å². The average Bonchev–Trinajstić information content (AvgIpc) is 3.07. The molecule has 0 saturated carbocycles. The van der Waals surface area contributed by atoms with E-state index in [1.807, 2.05) is 41.8 Å². The maximum atomic E-state index is 11.4. The third-order valence-electron chi connectivity index (χ3n) is 3.47. The third kappa shape index (κ3) is 5.57. The number of carbonyl (C=O) groups is 1. The summed E-state index contributed by atoms with van der Waals surface area (Å²) in [4.78, 5) is 12.2. The van der Waals surface area contributed by atoms with Gasteiger partial charge >= 0.3 is 5.97 Å². The quantitative estimate of drug-likeness (QED) is 0.499. The Morgan fingerprint density at radius 3 is 2.57 bits per heavy atom. The molecular formula is C19H22O3S. The Labute approximate surface area is 141 Å². The predicted molar refractivity (Wildman–Crippen MR) is 95.9 cm³/mol. The van der Waals surface area contributed by atoms with E-state index in [0.717, 1.165) is 29.2 Å². The van der Waals surface area contributed by atoms with Gasteiger partial charge in [0.1, 0.15) is 5.75 Å². The number of hydrogen-bond donors (Lipinski definition) is 1. The molecule has 0 aliphatic carbocycles. The van der Waals surface area contributed by atoms with E-state index in [4.69, 9.17) is 4.74 Å². The maximum Gasteiger partial charge on any atom is 0.337 e. The van der Waals surface area contributed by atoms with Crippen molar-refractivity contribution >= 4 is 29.0 Å². The van der Waals surface area contributed by atoms with Crippen molar-refractivity contribution in [3.8, 4) is 5.75 Å². The van der Waals surface area contributed by atoms with Crippen LogP contribution in [0.4, 0.5) is 0 Å². The summed E-state index contributed by atoms with van der Waals surface area (Å²) in [7, 11) is 0. The Balaban J connectivity index is 1.98. The van der Waals surface area contributed by atoms with E-state index in [1.165, 1.54) is 30.6 Å². The Kier molecular flexibility index (Phi) is 6.88. The lowest BCUT2D eigenvalue weighted by atomic mass is 10.1. The van der Waals surface area contributed by atoms with Crippen LogP contribution >= 0.6 is 11.3 Å². The van der Waals surface area contributed by atoms with Crippen molar-refractivity contribution in [2.45, 2.75) is 32.6 Å². The van der Waals surface area contributed by atoms with Crippen molar-refractivity contribution in [3.05, 3.63) is 52.2 Å². The molecule has 0 aliphatic heterocycles. The fourth-order valence-electron chi connectivity index (χ4n) is 2.22. The third-order valence-corrected chi connectivity index (χ3v) is 4.38. The highest BCUT2D eigenvalue weighted by Gasteiger charge is 2.11. The zero-order valence-corrected chi connectivity index (χ0v) is 14.1. The fraction of sp³-hybridized carbons (Fsp3) is 0.316. The predicted octanol–water partition coefficient (Wildman–Crippen LogP) is 5.33. The van der Waals surface area contributed by atoms with Crippen LogP contribution in [0.5, 0.6) is 5.75 Å². The lowest BCUT2D eigenvalue weighted by Gasteiger charge is -2.06. The molecule has 0 unspecified atom stereocenters. The topological polar surface area (TPSA) is 46.5 Å². The van der Waals surface area contributed by atoms with E-state index < -0.39 is 5.97 Å². The molecule has 2 rings (SSSR count). The Hall–Kier alpha value is -2.07. The van der Waals surface area contributed by atoms with Crippen molar-refractivity contribution in [1.29, 1.82) is 0 Å². The number of benzene rings is 1.